The lowest BCUT2D eigenvalue weighted by Gasteiger charge is -2.38. The second-order valence-corrected chi connectivity index (χ2v) is 14.5. The number of imide groups is 1. The Kier molecular flexibility index (Phi) is 9.25. The molecule has 13 nitrogen and oxygen atoms in total. The molecule has 13 heteroatoms. The van der Waals surface area contributed by atoms with Crippen LogP contribution < -0.4 is 20.9 Å². The molecule has 0 spiro atoms. The molecule has 0 radical (unpaired) electrons. The zero-order chi connectivity index (χ0) is 36.6. The summed E-state index contributed by atoms with van der Waals surface area (Å²) in [6.07, 6.45) is 6.44. The number of rotatable bonds is 9. The second-order valence-electron chi connectivity index (χ2n) is 14.5. The third-order valence-corrected chi connectivity index (χ3v) is 10.9. The highest BCUT2D eigenvalue weighted by molar-refractivity contribution is 6.05. The van der Waals surface area contributed by atoms with Crippen LogP contribution in [0.1, 0.15) is 82.2 Å². The lowest BCUT2D eigenvalue weighted by Crippen LogP contribution is -2.43. The van der Waals surface area contributed by atoms with Crippen molar-refractivity contribution in [3.63, 3.8) is 0 Å². The molecule has 3 aromatic heterocycles. The van der Waals surface area contributed by atoms with Crippen LogP contribution in [0.5, 0.6) is 0 Å². The molecule has 3 N–H and O–H groups in total. The number of carbonyl (C=O) groups excluding carboxylic acids is 4. The largest absolute Gasteiger partial charge is 0.371 e. The zero-order valence-corrected chi connectivity index (χ0v) is 29.9. The van der Waals surface area contributed by atoms with Gasteiger partial charge in [0.1, 0.15) is 17.0 Å². The van der Waals surface area contributed by atoms with Crippen molar-refractivity contribution < 1.29 is 19.2 Å². The minimum absolute atomic E-state index is 0.0352. The SMILES string of the molecule is C[C@@H]1CNC(=O)c2cc3ccc(C(=O)Nc4cnn(Cc5ccc(N6CCC(N(C)Cc7ccccc7C7CCC(=O)NC7=O)CC6)cc5)c4)nc3n21. The molecule has 2 saturated heterocycles. The molecule has 8 rings (SSSR count). The van der Waals surface area contributed by atoms with E-state index in [1.807, 2.05) is 41.8 Å². The first-order valence-corrected chi connectivity index (χ1v) is 18.3. The number of hydrogen-bond acceptors (Lipinski definition) is 8. The first-order valence-electron chi connectivity index (χ1n) is 18.3. The van der Waals surface area contributed by atoms with E-state index in [-0.39, 0.29) is 41.3 Å². The Morgan fingerprint density at radius 1 is 1.00 bits per heavy atom. The summed E-state index contributed by atoms with van der Waals surface area (Å²) in [7, 11) is 2.16. The van der Waals surface area contributed by atoms with Gasteiger partial charge in [-0.1, -0.05) is 36.4 Å². The molecular formula is C40H43N9O4. The van der Waals surface area contributed by atoms with Gasteiger partial charge in [-0.15, -0.1) is 0 Å². The fourth-order valence-corrected chi connectivity index (χ4v) is 7.95. The Labute approximate surface area is 307 Å². The summed E-state index contributed by atoms with van der Waals surface area (Å²) in [6.45, 7) is 5.75. The Bertz CT molecular complexity index is 2200. The Morgan fingerprint density at radius 2 is 1.79 bits per heavy atom. The van der Waals surface area contributed by atoms with Crippen molar-refractivity contribution in [3.05, 3.63) is 107 Å². The van der Waals surface area contributed by atoms with E-state index in [0.717, 1.165) is 54.6 Å². The van der Waals surface area contributed by atoms with Gasteiger partial charge >= 0.3 is 0 Å². The van der Waals surface area contributed by atoms with Gasteiger partial charge in [-0.25, -0.2) is 4.98 Å². The number of nitrogens with zero attached hydrogens (tertiary/aromatic N) is 6. The Hall–Kier alpha value is -5.82. The molecule has 272 valence electrons. The van der Waals surface area contributed by atoms with E-state index in [2.05, 4.69) is 73.2 Å². The Balaban J connectivity index is 0.839. The van der Waals surface area contributed by atoms with Gasteiger partial charge in [-0.2, -0.15) is 5.10 Å². The van der Waals surface area contributed by atoms with Gasteiger partial charge in [-0.05, 0) is 80.3 Å². The van der Waals surface area contributed by atoms with Crippen LogP contribution >= 0.6 is 0 Å². The number of pyridine rings is 1. The van der Waals surface area contributed by atoms with Crippen molar-refractivity contribution in [3.8, 4) is 0 Å². The molecule has 53 heavy (non-hydrogen) atoms. The number of piperidine rings is 2. The van der Waals surface area contributed by atoms with E-state index in [4.69, 9.17) is 0 Å². The van der Waals surface area contributed by atoms with E-state index in [9.17, 15) is 19.2 Å². The molecule has 5 aromatic rings. The highest BCUT2D eigenvalue weighted by atomic mass is 16.2. The molecule has 2 aromatic carbocycles. The van der Waals surface area contributed by atoms with Crippen LogP contribution in [-0.4, -0.2) is 80.6 Å². The molecule has 3 aliphatic heterocycles. The summed E-state index contributed by atoms with van der Waals surface area (Å²) in [5, 5.41) is 13.6. The molecule has 0 saturated carbocycles. The highest BCUT2D eigenvalue weighted by Crippen LogP contribution is 2.30. The van der Waals surface area contributed by atoms with Gasteiger partial charge in [0.25, 0.3) is 11.8 Å². The third-order valence-electron chi connectivity index (χ3n) is 10.9. The zero-order valence-electron chi connectivity index (χ0n) is 29.9. The lowest BCUT2D eigenvalue weighted by molar-refractivity contribution is -0.134. The number of amides is 4. The molecule has 0 aliphatic carbocycles. The van der Waals surface area contributed by atoms with Crippen LogP contribution in [0.15, 0.2) is 79.1 Å². The maximum Gasteiger partial charge on any atom is 0.274 e. The molecule has 0 bridgehead atoms. The molecule has 2 fully saturated rings. The molecule has 1 unspecified atom stereocenters. The monoisotopic (exact) mass is 713 g/mol. The minimum Gasteiger partial charge on any atom is -0.371 e. The van der Waals surface area contributed by atoms with E-state index >= 15 is 0 Å². The summed E-state index contributed by atoms with van der Waals surface area (Å²) in [5.41, 5.74) is 6.47. The van der Waals surface area contributed by atoms with E-state index in [0.29, 0.717) is 49.0 Å². The maximum absolute atomic E-state index is 13.2. The fourth-order valence-electron chi connectivity index (χ4n) is 7.95. The predicted molar refractivity (Wildman–Crippen MR) is 201 cm³/mol. The van der Waals surface area contributed by atoms with Crippen LogP contribution in [0.3, 0.4) is 0 Å². The van der Waals surface area contributed by atoms with Crippen LogP contribution in [0, 0.1) is 0 Å². The Morgan fingerprint density at radius 3 is 2.58 bits per heavy atom. The second kappa shape index (κ2) is 14.3. The normalized spacial score (nSPS) is 19.3. The van der Waals surface area contributed by atoms with Gasteiger partial charge in [0, 0.05) is 55.9 Å². The van der Waals surface area contributed by atoms with Crippen LogP contribution in [-0.2, 0) is 22.7 Å². The van der Waals surface area contributed by atoms with Crippen LogP contribution in [0.2, 0.25) is 0 Å². The highest BCUT2D eigenvalue weighted by Gasteiger charge is 2.31. The molecular weight excluding hydrogens is 670 g/mol. The van der Waals surface area contributed by atoms with Gasteiger partial charge in [0.15, 0.2) is 0 Å². The van der Waals surface area contributed by atoms with E-state index in [1.165, 1.54) is 5.69 Å². The van der Waals surface area contributed by atoms with Gasteiger partial charge < -0.3 is 20.1 Å². The minimum atomic E-state index is -0.341. The van der Waals surface area contributed by atoms with Crippen molar-refractivity contribution in [2.45, 2.75) is 63.7 Å². The van der Waals surface area contributed by atoms with Crippen molar-refractivity contribution in [2.75, 3.05) is 36.9 Å². The van der Waals surface area contributed by atoms with E-state index in [1.54, 1.807) is 23.1 Å². The number of anilines is 2. The van der Waals surface area contributed by atoms with Crippen LogP contribution in [0.4, 0.5) is 11.4 Å². The predicted octanol–water partition coefficient (Wildman–Crippen LogP) is 4.46. The topological polar surface area (TPSA) is 146 Å². The van der Waals surface area contributed by atoms with Gasteiger partial charge in [0.2, 0.25) is 11.8 Å². The number of benzene rings is 2. The van der Waals surface area contributed by atoms with Crippen molar-refractivity contribution >= 4 is 46.0 Å². The molecule has 6 heterocycles. The third kappa shape index (κ3) is 7.04. The van der Waals surface area contributed by atoms with Crippen molar-refractivity contribution in [1.29, 1.82) is 0 Å². The molecule has 4 amide bonds. The summed E-state index contributed by atoms with van der Waals surface area (Å²) in [4.78, 5) is 59.3. The van der Waals surface area contributed by atoms with Crippen molar-refractivity contribution in [2.24, 2.45) is 0 Å². The first kappa shape index (κ1) is 34.3. The summed E-state index contributed by atoms with van der Waals surface area (Å²) in [5.74, 6) is -1.14. The maximum atomic E-state index is 13.2. The van der Waals surface area contributed by atoms with Crippen LogP contribution in [0.25, 0.3) is 11.0 Å². The molecule has 2 atom stereocenters. The average molecular weight is 714 g/mol. The number of fused-ring (bicyclic) bond motifs is 3. The number of carbonyl (C=O) groups is 4. The lowest BCUT2D eigenvalue weighted by atomic mass is 9.87. The summed E-state index contributed by atoms with van der Waals surface area (Å²) >= 11 is 0. The summed E-state index contributed by atoms with van der Waals surface area (Å²) < 4.78 is 3.69. The molecule has 3 aliphatic rings. The number of hydrogen-bond donors (Lipinski definition) is 3. The van der Waals surface area contributed by atoms with Crippen molar-refractivity contribution in [1.82, 2.24) is 34.9 Å². The van der Waals surface area contributed by atoms with Gasteiger partial charge in [0.05, 0.1) is 30.4 Å². The summed E-state index contributed by atoms with van der Waals surface area (Å²) in [6, 6.07) is 22.5. The standard InChI is InChI=1S/C40H43N9O4/c1-25-20-41-40(53)35-19-27-9-13-34(44-37(27)49(25)35)39(52)43-29-21-42-48(24-29)22-26-7-10-31(11-8-26)47-17-15-30(16-18-47)46(2)23-28-5-3-4-6-32(28)33-12-14-36(50)45-38(33)51/h3-11,13,19,21,24-25,30,33H,12,14-18,20,22-23H2,1-2H3,(H,41,53)(H,43,52)(H,45,50,51)/t25-,33?/m1/s1. The van der Waals surface area contributed by atoms with E-state index < -0.39 is 0 Å². The smallest absolute Gasteiger partial charge is 0.274 e. The number of nitrogens with one attached hydrogen (secondary N) is 3. The average Bonchev–Trinajstić information content (AvgIpc) is 3.78. The number of aromatic nitrogens is 4. The quantitative estimate of drug-likeness (QED) is 0.190. The fraction of sp³-hybridized carbons (Fsp3) is 0.350. The first-order chi connectivity index (χ1) is 25.7. The van der Waals surface area contributed by atoms with Gasteiger partial charge in [-0.3, -0.25) is 34.1 Å².